The molecule has 1 unspecified atom stereocenters. The van der Waals surface area contributed by atoms with E-state index in [1.165, 1.54) is 0 Å². The average molecular weight is 270 g/mol. The molecule has 0 aromatic rings. The monoisotopic (exact) mass is 270 g/mol. The number of rotatable bonds is 7. The topological polar surface area (TPSA) is 64.4 Å². The lowest BCUT2D eigenvalue weighted by Crippen LogP contribution is -2.40. The Hall–Kier alpha value is -0.610. The molecule has 0 bridgehead atoms. The molecule has 0 aliphatic carbocycles. The van der Waals surface area contributed by atoms with Gasteiger partial charge >= 0.3 is 0 Å². The van der Waals surface area contributed by atoms with Crippen molar-refractivity contribution in [3.63, 3.8) is 0 Å². The summed E-state index contributed by atoms with van der Waals surface area (Å²) in [7, 11) is 0. The highest BCUT2D eigenvalue weighted by molar-refractivity contribution is 5.76. The first-order chi connectivity index (χ1) is 8.94. The smallest absolute Gasteiger partial charge is 0.220 e. The number of nitrogens with two attached hydrogens (primary N) is 1. The zero-order valence-corrected chi connectivity index (χ0v) is 12.7. The Morgan fingerprint density at radius 1 is 1.37 bits per heavy atom. The Balaban J connectivity index is 2.26. The van der Waals surface area contributed by atoms with E-state index in [1.54, 1.807) is 0 Å². The van der Waals surface area contributed by atoms with Crippen molar-refractivity contribution in [2.75, 3.05) is 19.8 Å². The van der Waals surface area contributed by atoms with Gasteiger partial charge in [-0.2, -0.15) is 0 Å². The number of carbonyl (C=O) groups is 1. The second kappa shape index (κ2) is 7.85. The van der Waals surface area contributed by atoms with Crippen LogP contribution in [0.15, 0.2) is 0 Å². The minimum Gasteiger partial charge on any atom is -0.381 e. The summed E-state index contributed by atoms with van der Waals surface area (Å²) in [6.45, 7) is 8.80. The predicted octanol–water partition coefficient (Wildman–Crippen LogP) is 2.07. The molecular weight excluding hydrogens is 240 g/mol. The summed E-state index contributed by atoms with van der Waals surface area (Å²) in [5.74, 6) is 0.735. The fourth-order valence-corrected chi connectivity index (χ4v) is 2.63. The van der Waals surface area contributed by atoms with Crippen molar-refractivity contribution < 1.29 is 9.53 Å². The number of hydrogen-bond donors (Lipinski definition) is 2. The molecule has 1 rings (SSSR count). The van der Waals surface area contributed by atoms with E-state index in [4.69, 9.17) is 10.5 Å². The first-order valence-corrected chi connectivity index (χ1v) is 7.52. The molecule has 0 aromatic carbocycles. The van der Waals surface area contributed by atoms with E-state index in [1.807, 2.05) is 0 Å². The lowest BCUT2D eigenvalue weighted by atomic mass is 9.84. The van der Waals surface area contributed by atoms with Gasteiger partial charge in [0.25, 0.3) is 0 Å². The largest absolute Gasteiger partial charge is 0.381 e. The summed E-state index contributed by atoms with van der Waals surface area (Å²) in [6, 6.07) is 0.258. The third-order valence-electron chi connectivity index (χ3n) is 4.21. The molecule has 4 heteroatoms. The van der Waals surface area contributed by atoms with Gasteiger partial charge in [-0.05, 0) is 50.5 Å². The molecule has 0 saturated carbocycles. The molecule has 1 aliphatic heterocycles. The Kier molecular flexibility index (Phi) is 6.80. The van der Waals surface area contributed by atoms with E-state index >= 15 is 0 Å². The van der Waals surface area contributed by atoms with Gasteiger partial charge in [0.2, 0.25) is 5.91 Å². The molecule has 1 heterocycles. The van der Waals surface area contributed by atoms with E-state index in [2.05, 4.69) is 26.1 Å². The SMILES string of the molecule is CC(NC(=O)CCC(C)(C)CCN)C1CCOCC1. The molecule has 0 spiro atoms. The van der Waals surface area contributed by atoms with Gasteiger partial charge < -0.3 is 15.8 Å². The molecule has 3 N–H and O–H groups in total. The molecule has 1 atom stereocenters. The van der Waals surface area contributed by atoms with Crippen molar-refractivity contribution >= 4 is 5.91 Å². The highest BCUT2D eigenvalue weighted by atomic mass is 16.5. The minimum absolute atomic E-state index is 0.161. The zero-order chi connectivity index (χ0) is 14.3. The van der Waals surface area contributed by atoms with Crippen LogP contribution in [0.3, 0.4) is 0 Å². The summed E-state index contributed by atoms with van der Waals surface area (Å²) < 4.78 is 5.35. The van der Waals surface area contributed by atoms with E-state index in [-0.39, 0.29) is 17.4 Å². The van der Waals surface area contributed by atoms with Crippen LogP contribution in [-0.2, 0) is 9.53 Å². The van der Waals surface area contributed by atoms with E-state index in [0.29, 0.717) is 18.9 Å². The van der Waals surface area contributed by atoms with Crippen LogP contribution >= 0.6 is 0 Å². The molecule has 1 amide bonds. The highest BCUT2D eigenvalue weighted by Crippen LogP contribution is 2.26. The summed E-state index contributed by atoms with van der Waals surface area (Å²) >= 11 is 0. The number of nitrogens with one attached hydrogen (secondary N) is 1. The van der Waals surface area contributed by atoms with Crippen LogP contribution in [0.2, 0.25) is 0 Å². The number of carbonyl (C=O) groups excluding carboxylic acids is 1. The standard InChI is InChI=1S/C15H30N2O2/c1-12(13-5-10-19-11-6-13)17-14(18)4-7-15(2,3)8-9-16/h12-13H,4-11,16H2,1-3H3,(H,17,18). The van der Waals surface area contributed by atoms with Gasteiger partial charge in [0.05, 0.1) is 0 Å². The Labute approximate surface area is 117 Å². The summed E-state index contributed by atoms with van der Waals surface area (Å²) in [6.07, 6.45) is 4.58. The maximum atomic E-state index is 12.0. The lowest BCUT2D eigenvalue weighted by Gasteiger charge is -2.29. The number of hydrogen-bond acceptors (Lipinski definition) is 3. The quantitative estimate of drug-likeness (QED) is 0.744. The Morgan fingerprint density at radius 2 is 2.00 bits per heavy atom. The van der Waals surface area contributed by atoms with Gasteiger partial charge in [-0.15, -0.1) is 0 Å². The molecular formula is C15H30N2O2. The first-order valence-electron chi connectivity index (χ1n) is 7.52. The van der Waals surface area contributed by atoms with Crippen molar-refractivity contribution in [3.8, 4) is 0 Å². The minimum atomic E-state index is 0.161. The molecule has 4 nitrogen and oxygen atoms in total. The van der Waals surface area contributed by atoms with Gasteiger partial charge in [0.15, 0.2) is 0 Å². The maximum absolute atomic E-state index is 12.0. The van der Waals surface area contributed by atoms with Crippen LogP contribution in [0.4, 0.5) is 0 Å². The van der Waals surface area contributed by atoms with Crippen LogP contribution < -0.4 is 11.1 Å². The van der Waals surface area contributed by atoms with E-state index < -0.39 is 0 Å². The normalized spacial score (nSPS) is 19.2. The average Bonchev–Trinajstić information content (AvgIpc) is 2.37. The molecule has 1 aliphatic rings. The van der Waals surface area contributed by atoms with Gasteiger partial charge in [0.1, 0.15) is 0 Å². The van der Waals surface area contributed by atoms with Crippen molar-refractivity contribution in [2.45, 2.75) is 58.9 Å². The summed E-state index contributed by atoms with van der Waals surface area (Å²) in [5, 5.41) is 3.14. The fourth-order valence-electron chi connectivity index (χ4n) is 2.63. The van der Waals surface area contributed by atoms with Crippen LogP contribution in [0.5, 0.6) is 0 Å². The third kappa shape index (κ3) is 6.39. The van der Waals surface area contributed by atoms with Crippen LogP contribution in [0, 0.1) is 11.3 Å². The second-order valence-corrected chi connectivity index (χ2v) is 6.51. The van der Waals surface area contributed by atoms with Crippen molar-refractivity contribution in [1.29, 1.82) is 0 Å². The van der Waals surface area contributed by atoms with E-state index in [9.17, 15) is 4.79 Å². The second-order valence-electron chi connectivity index (χ2n) is 6.51. The number of ether oxygens (including phenoxy) is 1. The molecule has 1 fully saturated rings. The van der Waals surface area contributed by atoms with Crippen LogP contribution in [0.25, 0.3) is 0 Å². The molecule has 1 saturated heterocycles. The van der Waals surface area contributed by atoms with E-state index in [0.717, 1.165) is 38.9 Å². The van der Waals surface area contributed by atoms with Gasteiger partial charge in [0, 0.05) is 25.7 Å². The molecule has 112 valence electrons. The fraction of sp³-hybridized carbons (Fsp3) is 0.933. The Morgan fingerprint density at radius 3 is 2.58 bits per heavy atom. The van der Waals surface area contributed by atoms with Crippen LogP contribution in [-0.4, -0.2) is 31.7 Å². The van der Waals surface area contributed by atoms with Crippen LogP contribution in [0.1, 0.15) is 52.9 Å². The maximum Gasteiger partial charge on any atom is 0.220 e. The van der Waals surface area contributed by atoms with Crippen molar-refractivity contribution in [2.24, 2.45) is 17.1 Å². The number of amides is 1. The van der Waals surface area contributed by atoms with Gasteiger partial charge in [-0.25, -0.2) is 0 Å². The Bertz CT molecular complexity index is 273. The molecule has 19 heavy (non-hydrogen) atoms. The molecule has 0 aromatic heterocycles. The zero-order valence-electron chi connectivity index (χ0n) is 12.7. The van der Waals surface area contributed by atoms with Gasteiger partial charge in [-0.3, -0.25) is 4.79 Å². The third-order valence-corrected chi connectivity index (χ3v) is 4.21. The predicted molar refractivity (Wildman–Crippen MR) is 77.8 cm³/mol. The first kappa shape index (κ1) is 16.4. The summed E-state index contributed by atoms with van der Waals surface area (Å²) in [4.78, 5) is 12.0. The van der Waals surface area contributed by atoms with Crippen molar-refractivity contribution in [1.82, 2.24) is 5.32 Å². The van der Waals surface area contributed by atoms with Gasteiger partial charge in [-0.1, -0.05) is 13.8 Å². The lowest BCUT2D eigenvalue weighted by molar-refractivity contribution is -0.122. The highest BCUT2D eigenvalue weighted by Gasteiger charge is 2.23. The summed E-state index contributed by atoms with van der Waals surface area (Å²) in [5.41, 5.74) is 5.75. The van der Waals surface area contributed by atoms with Crippen molar-refractivity contribution in [3.05, 3.63) is 0 Å². The molecule has 0 radical (unpaired) electrons.